The average molecular weight is 217 g/mol. The predicted octanol–water partition coefficient (Wildman–Crippen LogP) is 1.86. The number of amides is 1. The predicted molar refractivity (Wildman–Crippen MR) is 60.9 cm³/mol. The van der Waals surface area contributed by atoms with Gasteiger partial charge in [0.25, 0.3) is 5.91 Å². The lowest BCUT2D eigenvalue weighted by Gasteiger charge is -2.26. The highest BCUT2D eigenvalue weighted by atomic mass is 16.5. The summed E-state index contributed by atoms with van der Waals surface area (Å²) in [4.78, 5) is 11.6. The third-order valence-corrected chi connectivity index (χ3v) is 3.73. The van der Waals surface area contributed by atoms with Crippen LogP contribution in [0.2, 0.25) is 0 Å². The van der Waals surface area contributed by atoms with Crippen molar-refractivity contribution in [3.05, 3.63) is 29.3 Å². The molecule has 1 aromatic carbocycles. The molecule has 0 unspecified atom stereocenters. The van der Waals surface area contributed by atoms with Gasteiger partial charge in [0.2, 0.25) is 0 Å². The van der Waals surface area contributed by atoms with Crippen LogP contribution in [0.3, 0.4) is 0 Å². The standard InChI is InChI=1S/C13H15NO2/c1-14-12(15)9-2-3-11-10(8-9)13(4-5-13)6-7-16-11/h2-3,8H,4-7H2,1H3,(H,14,15). The number of fused-ring (bicyclic) bond motifs is 2. The zero-order valence-electron chi connectivity index (χ0n) is 9.38. The van der Waals surface area contributed by atoms with Crippen molar-refractivity contribution in [3.8, 4) is 5.75 Å². The van der Waals surface area contributed by atoms with Crippen molar-refractivity contribution in [2.45, 2.75) is 24.7 Å². The van der Waals surface area contributed by atoms with Gasteiger partial charge in [0.05, 0.1) is 6.61 Å². The lowest BCUT2D eigenvalue weighted by Crippen LogP contribution is -2.22. The minimum Gasteiger partial charge on any atom is -0.493 e. The Morgan fingerprint density at radius 2 is 2.19 bits per heavy atom. The van der Waals surface area contributed by atoms with E-state index in [0.717, 1.165) is 24.3 Å². The van der Waals surface area contributed by atoms with Gasteiger partial charge in [0, 0.05) is 23.6 Å². The van der Waals surface area contributed by atoms with Crippen molar-refractivity contribution in [1.82, 2.24) is 5.32 Å². The lowest BCUT2D eigenvalue weighted by atomic mass is 9.89. The fourth-order valence-corrected chi connectivity index (χ4v) is 2.52. The molecule has 1 amide bonds. The van der Waals surface area contributed by atoms with Crippen LogP contribution in [0.15, 0.2) is 18.2 Å². The molecule has 16 heavy (non-hydrogen) atoms. The number of rotatable bonds is 1. The summed E-state index contributed by atoms with van der Waals surface area (Å²) in [5.41, 5.74) is 2.30. The fraction of sp³-hybridized carbons (Fsp3) is 0.462. The number of hydrogen-bond donors (Lipinski definition) is 1. The van der Waals surface area contributed by atoms with Crippen LogP contribution in [0, 0.1) is 0 Å². The van der Waals surface area contributed by atoms with Gasteiger partial charge >= 0.3 is 0 Å². The first kappa shape index (κ1) is 9.70. The van der Waals surface area contributed by atoms with Gasteiger partial charge in [-0.3, -0.25) is 4.79 Å². The molecular formula is C13H15NO2. The third kappa shape index (κ3) is 1.31. The minimum atomic E-state index is -0.0239. The van der Waals surface area contributed by atoms with Crippen LogP contribution < -0.4 is 10.1 Å². The Labute approximate surface area is 94.8 Å². The van der Waals surface area contributed by atoms with Gasteiger partial charge in [-0.2, -0.15) is 0 Å². The maximum Gasteiger partial charge on any atom is 0.251 e. The van der Waals surface area contributed by atoms with Gasteiger partial charge in [-0.25, -0.2) is 0 Å². The van der Waals surface area contributed by atoms with Crippen LogP contribution in [0.25, 0.3) is 0 Å². The second kappa shape index (κ2) is 3.24. The van der Waals surface area contributed by atoms with E-state index in [1.165, 1.54) is 18.4 Å². The van der Waals surface area contributed by atoms with Gasteiger partial charge in [-0.1, -0.05) is 0 Å². The molecule has 1 N–H and O–H groups in total. The van der Waals surface area contributed by atoms with E-state index >= 15 is 0 Å². The summed E-state index contributed by atoms with van der Waals surface area (Å²) in [6, 6.07) is 5.76. The molecule has 3 nitrogen and oxygen atoms in total. The topological polar surface area (TPSA) is 38.3 Å². The number of benzene rings is 1. The maximum atomic E-state index is 11.6. The summed E-state index contributed by atoms with van der Waals surface area (Å²) in [7, 11) is 1.66. The second-order valence-corrected chi connectivity index (χ2v) is 4.67. The Morgan fingerprint density at radius 1 is 1.38 bits per heavy atom. The molecular weight excluding hydrogens is 202 g/mol. The van der Waals surface area contributed by atoms with E-state index in [1.54, 1.807) is 7.05 Å². The highest BCUT2D eigenvalue weighted by Gasteiger charge is 2.47. The molecule has 1 spiro atoms. The second-order valence-electron chi connectivity index (χ2n) is 4.67. The van der Waals surface area contributed by atoms with Crippen LogP contribution in [-0.4, -0.2) is 19.6 Å². The summed E-state index contributed by atoms with van der Waals surface area (Å²) < 4.78 is 5.64. The van der Waals surface area contributed by atoms with E-state index in [0.29, 0.717) is 5.41 Å². The van der Waals surface area contributed by atoms with Gasteiger partial charge in [-0.05, 0) is 37.5 Å². The summed E-state index contributed by atoms with van der Waals surface area (Å²) in [6.45, 7) is 0.812. The Hall–Kier alpha value is -1.51. The van der Waals surface area contributed by atoms with Gasteiger partial charge < -0.3 is 10.1 Å². The van der Waals surface area contributed by atoms with E-state index in [-0.39, 0.29) is 5.91 Å². The molecule has 1 saturated carbocycles. The summed E-state index contributed by atoms with van der Waals surface area (Å²) in [5.74, 6) is 0.945. The Morgan fingerprint density at radius 3 is 2.88 bits per heavy atom. The molecule has 3 rings (SSSR count). The lowest BCUT2D eigenvalue weighted by molar-refractivity contribution is 0.0963. The first-order valence-electron chi connectivity index (χ1n) is 5.75. The van der Waals surface area contributed by atoms with Crippen molar-refractivity contribution in [1.29, 1.82) is 0 Å². The Kier molecular flexibility index (Phi) is 1.96. The quantitative estimate of drug-likeness (QED) is 0.779. The number of nitrogens with one attached hydrogen (secondary N) is 1. The number of ether oxygens (including phenoxy) is 1. The summed E-state index contributed by atoms with van der Waals surface area (Å²) >= 11 is 0. The van der Waals surface area contributed by atoms with Crippen LogP contribution in [0.1, 0.15) is 35.2 Å². The van der Waals surface area contributed by atoms with Crippen molar-refractivity contribution in [3.63, 3.8) is 0 Å². The maximum absolute atomic E-state index is 11.6. The van der Waals surface area contributed by atoms with E-state index in [1.807, 2.05) is 18.2 Å². The molecule has 0 radical (unpaired) electrons. The van der Waals surface area contributed by atoms with E-state index in [9.17, 15) is 4.79 Å². The van der Waals surface area contributed by atoms with E-state index in [4.69, 9.17) is 4.74 Å². The van der Waals surface area contributed by atoms with E-state index < -0.39 is 0 Å². The van der Waals surface area contributed by atoms with Gasteiger partial charge in [0.15, 0.2) is 0 Å². The van der Waals surface area contributed by atoms with Crippen molar-refractivity contribution >= 4 is 5.91 Å². The molecule has 2 aliphatic rings. The van der Waals surface area contributed by atoms with Gasteiger partial charge in [0.1, 0.15) is 5.75 Å². The molecule has 1 aliphatic heterocycles. The average Bonchev–Trinajstić information content (AvgIpc) is 3.09. The van der Waals surface area contributed by atoms with Crippen molar-refractivity contribution < 1.29 is 9.53 Å². The molecule has 1 fully saturated rings. The molecule has 1 aliphatic carbocycles. The normalized spacial score (nSPS) is 19.8. The zero-order valence-corrected chi connectivity index (χ0v) is 9.38. The molecule has 0 atom stereocenters. The summed E-state index contributed by atoms with van der Waals surface area (Å²) in [5, 5.41) is 2.66. The SMILES string of the molecule is CNC(=O)c1ccc2c(c1)C1(CCO2)CC1. The zero-order chi connectivity index (χ0) is 11.2. The Balaban J connectivity index is 2.05. The van der Waals surface area contributed by atoms with E-state index in [2.05, 4.69) is 5.32 Å². The molecule has 1 aromatic rings. The smallest absolute Gasteiger partial charge is 0.251 e. The highest BCUT2D eigenvalue weighted by molar-refractivity contribution is 5.94. The molecule has 0 saturated heterocycles. The molecule has 84 valence electrons. The van der Waals surface area contributed by atoms with Crippen LogP contribution >= 0.6 is 0 Å². The number of carbonyl (C=O) groups is 1. The van der Waals surface area contributed by atoms with Gasteiger partial charge in [-0.15, -0.1) is 0 Å². The molecule has 1 heterocycles. The monoisotopic (exact) mass is 217 g/mol. The third-order valence-electron chi connectivity index (χ3n) is 3.73. The first-order valence-corrected chi connectivity index (χ1v) is 5.75. The number of carbonyl (C=O) groups excluding carboxylic acids is 1. The van der Waals surface area contributed by atoms with Crippen molar-refractivity contribution in [2.75, 3.05) is 13.7 Å². The highest BCUT2D eigenvalue weighted by Crippen LogP contribution is 2.55. The fourth-order valence-electron chi connectivity index (χ4n) is 2.52. The van der Waals surface area contributed by atoms with Crippen molar-refractivity contribution in [2.24, 2.45) is 0 Å². The summed E-state index contributed by atoms with van der Waals surface area (Å²) in [6.07, 6.45) is 3.57. The Bertz CT molecular complexity index is 449. The van der Waals surface area contributed by atoms with Crippen LogP contribution in [-0.2, 0) is 5.41 Å². The molecule has 0 aromatic heterocycles. The molecule has 0 bridgehead atoms. The largest absolute Gasteiger partial charge is 0.493 e. The minimum absolute atomic E-state index is 0.0239. The van der Waals surface area contributed by atoms with Crippen LogP contribution in [0.5, 0.6) is 5.75 Å². The molecule has 3 heteroatoms. The first-order chi connectivity index (χ1) is 7.75. The van der Waals surface area contributed by atoms with Crippen LogP contribution in [0.4, 0.5) is 0 Å². The number of hydrogen-bond acceptors (Lipinski definition) is 2.